The van der Waals surface area contributed by atoms with Crippen LogP contribution in [0.2, 0.25) is 0 Å². The van der Waals surface area contributed by atoms with Crippen LogP contribution in [0.1, 0.15) is 25.8 Å². The molecule has 106 valence electrons. The van der Waals surface area contributed by atoms with E-state index < -0.39 is 11.8 Å². The number of halogens is 1. The number of carbonyl (C=O) groups is 1. The summed E-state index contributed by atoms with van der Waals surface area (Å²) < 4.78 is 18.3. The SMILES string of the molecule is COc1ccc(CNCC(C)(C)CC(=O)O)cc1F. The van der Waals surface area contributed by atoms with Gasteiger partial charge in [0, 0.05) is 13.1 Å². The van der Waals surface area contributed by atoms with Crippen LogP contribution >= 0.6 is 0 Å². The number of carboxylic acids is 1. The molecule has 0 unspecified atom stereocenters. The molecule has 1 aromatic carbocycles. The van der Waals surface area contributed by atoms with Gasteiger partial charge < -0.3 is 15.2 Å². The van der Waals surface area contributed by atoms with Gasteiger partial charge in [0.1, 0.15) is 0 Å². The third-order valence-corrected chi connectivity index (χ3v) is 2.78. The topological polar surface area (TPSA) is 58.6 Å². The molecule has 0 saturated heterocycles. The molecule has 0 bridgehead atoms. The number of aliphatic carboxylic acids is 1. The van der Waals surface area contributed by atoms with E-state index in [0.29, 0.717) is 13.1 Å². The molecule has 0 atom stereocenters. The lowest BCUT2D eigenvalue weighted by Gasteiger charge is -2.22. The van der Waals surface area contributed by atoms with E-state index in [0.717, 1.165) is 5.56 Å². The summed E-state index contributed by atoms with van der Waals surface area (Å²) in [5.41, 5.74) is 0.459. The van der Waals surface area contributed by atoms with Crippen LogP contribution in [0, 0.1) is 11.2 Å². The van der Waals surface area contributed by atoms with Crippen molar-refractivity contribution in [1.82, 2.24) is 5.32 Å². The molecule has 5 heteroatoms. The maximum absolute atomic E-state index is 13.5. The van der Waals surface area contributed by atoms with Gasteiger partial charge >= 0.3 is 5.97 Å². The van der Waals surface area contributed by atoms with Crippen LogP contribution in [0.3, 0.4) is 0 Å². The summed E-state index contributed by atoms with van der Waals surface area (Å²) in [6, 6.07) is 4.77. The molecule has 2 N–H and O–H groups in total. The van der Waals surface area contributed by atoms with E-state index in [1.807, 2.05) is 13.8 Å². The minimum atomic E-state index is -0.817. The number of ether oxygens (including phenoxy) is 1. The molecule has 1 aromatic rings. The number of hydrogen-bond acceptors (Lipinski definition) is 3. The number of benzene rings is 1. The monoisotopic (exact) mass is 269 g/mol. The first kappa shape index (κ1) is 15.4. The lowest BCUT2D eigenvalue weighted by Crippen LogP contribution is -2.31. The molecule has 0 aliphatic rings. The normalized spacial score (nSPS) is 11.4. The average molecular weight is 269 g/mol. The van der Waals surface area contributed by atoms with E-state index in [4.69, 9.17) is 9.84 Å². The zero-order valence-corrected chi connectivity index (χ0v) is 11.5. The van der Waals surface area contributed by atoms with Gasteiger partial charge in [-0.1, -0.05) is 19.9 Å². The Balaban J connectivity index is 2.49. The molecule has 19 heavy (non-hydrogen) atoms. The second-order valence-electron chi connectivity index (χ2n) is 5.31. The molecule has 4 nitrogen and oxygen atoms in total. The largest absolute Gasteiger partial charge is 0.494 e. The maximum Gasteiger partial charge on any atom is 0.303 e. The summed E-state index contributed by atoms with van der Waals surface area (Å²) in [7, 11) is 1.42. The van der Waals surface area contributed by atoms with E-state index >= 15 is 0 Å². The Hall–Kier alpha value is -1.62. The molecule has 0 spiro atoms. The Morgan fingerprint density at radius 2 is 2.16 bits per heavy atom. The zero-order valence-electron chi connectivity index (χ0n) is 11.5. The van der Waals surface area contributed by atoms with Gasteiger partial charge in [0.05, 0.1) is 13.5 Å². The van der Waals surface area contributed by atoms with Crippen LogP contribution in [-0.2, 0) is 11.3 Å². The van der Waals surface area contributed by atoms with Crippen molar-refractivity contribution in [2.75, 3.05) is 13.7 Å². The average Bonchev–Trinajstić information content (AvgIpc) is 2.27. The summed E-state index contributed by atoms with van der Waals surface area (Å²) in [6.45, 7) is 4.79. The number of nitrogens with one attached hydrogen (secondary N) is 1. The standard InChI is InChI=1S/C14H20FNO3/c1-14(2,7-13(17)18)9-16-8-10-4-5-12(19-3)11(15)6-10/h4-6,16H,7-9H2,1-3H3,(H,17,18). The number of hydrogen-bond donors (Lipinski definition) is 2. The predicted octanol–water partition coefficient (Wildman–Crippen LogP) is 2.42. The van der Waals surface area contributed by atoms with E-state index in [9.17, 15) is 9.18 Å². The Kier molecular flexibility index (Phi) is 5.30. The van der Waals surface area contributed by atoms with Crippen molar-refractivity contribution in [3.8, 4) is 5.75 Å². The van der Waals surface area contributed by atoms with E-state index in [1.54, 1.807) is 12.1 Å². The quantitative estimate of drug-likeness (QED) is 0.798. The van der Waals surface area contributed by atoms with Gasteiger partial charge in [-0.2, -0.15) is 0 Å². The summed E-state index contributed by atoms with van der Waals surface area (Å²) in [6.07, 6.45) is 0.0942. The summed E-state index contributed by atoms with van der Waals surface area (Å²) >= 11 is 0. The summed E-state index contributed by atoms with van der Waals surface area (Å²) in [5, 5.41) is 11.9. The van der Waals surface area contributed by atoms with Crippen LogP contribution in [0.15, 0.2) is 18.2 Å². The van der Waals surface area contributed by atoms with Crippen molar-refractivity contribution in [2.24, 2.45) is 5.41 Å². The van der Waals surface area contributed by atoms with Crippen LogP contribution in [0.5, 0.6) is 5.75 Å². The second kappa shape index (κ2) is 6.52. The molecule has 0 radical (unpaired) electrons. The molecule has 0 fully saturated rings. The molecule has 0 saturated carbocycles. The Morgan fingerprint density at radius 3 is 2.68 bits per heavy atom. The first-order valence-electron chi connectivity index (χ1n) is 6.09. The van der Waals surface area contributed by atoms with Gasteiger partial charge in [-0.05, 0) is 23.1 Å². The highest BCUT2D eigenvalue weighted by Crippen LogP contribution is 2.20. The van der Waals surface area contributed by atoms with Gasteiger partial charge in [-0.3, -0.25) is 4.79 Å². The van der Waals surface area contributed by atoms with Crippen molar-refractivity contribution < 1.29 is 19.0 Å². The molecule has 0 aliphatic carbocycles. The molecule has 0 amide bonds. The number of carboxylic acid groups (broad SMARTS) is 1. The van der Waals surface area contributed by atoms with Gasteiger partial charge in [-0.15, -0.1) is 0 Å². The lowest BCUT2D eigenvalue weighted by atomic mass is 9.89. The fourth-order valence-electron chi connectivity index (χ4n) is 1.84. The van der Waals surface area contributed by atoms with Gasteiger partial charge in [0.15, 0.2) is 11.6 Å². The van der Waals surface area contributed by atoms with E-state index in [1.165, 1.54) is 13.2 Å². The first-order valence-corrected chi connectivity index (χ1v) is 6.09. The second-order valence-corrected chi connectivity index (χ2v) is 5.31. The van der Waals surface area contributed by atoms with Gasteiger partial charge in [-0.25, -0.2) is 4.39 Å². The van der Waals surface area contributed by atoms with Crippen LogP contribution < -0.4 is 10.1 Å². The smallest absolute Gasteiger partial charge is 0.303 e. The number of methoxy groups -OCH3 is 1. The molecule has 0 aliphatic heterocycles. The van der Waals surface area contributed by atoms with Crippen molar-refractivity contribution in [3.63, 3.8) is 0 Å². The van der Waals surface area contributed by atoms with Crippen molar-refractivity contribution in [1.29, 1.82) is 0 Å². The molecule has 0 heterocycles. The minimum Gasteiger partial charge on any atom is -0.494 e. The fourth-order valence-corrected chi connectivity index (χ4v) is 1.84. The third kappa shape index (κ3) is 5.26. The fraction of sp³-hybridized carbons (Fsp3) is 0.500. The molecule has 1 rings (SSSR count). The highest BCUT2D eigenvalue weighted by atomic mass is 19.1. The molecular formula is C14H20FNO3. The highest BCUT2D eigenvalue weighted by Gasteiger charge is 2.21. The van der Waals surface area contributed by atoms with Crippen LogP contribution in [0.4, 0.5) is 4.39 Å². The van der Waals surface area contributed by atoms with Crippen LogP contribution in [-0.4, -0.2) is 24.7 Å². The van der Waals surface area contributed by atoms with Gasteiger partial charge in [0.2, 0.25) is 0 Å². The Labute approximate surface area is 112 Å². The van der Waals surface area contributed by atoms with E-state index in [-0.39, 0.29) is 17.6 Å². The Morgan fingerprint density at radius 1 is 1.47 bits per heavy atom. The Bertz CT molecular complexity index is 446. The van der Waals surface area contributed by atoms with Crippen LogP contribution in [0.25, 0.3) is 0 Å². The first-order chi connectivity index (χ1) is 8.84. The predicted molar refractivity (Wildman–Crippen MR) is 70.7 cm³/mol. The van der Waals surface area contributed by atoms with E-state index in [2.05, 4.69) is 5.32 Å². The maximum atomic E-state index is 13.5. The molecular weight excluding hydrogens is 249 g/mol. The summed E-state index contributed by atoms with van der Waals surface area (Å²) in [4.78, 5) is 10.7. The number of rotatable bonds is 7. The van der Waals surface area contributed by atoms with Crippen molar-refractivity contribution in [2.45, 2.75) is 26.8 Å². The zero-order chi connectivity index (χ0) is 14.5. The van der Waals surface area contributed by atoms with Crippen molar-refractivity contribution in [3.05, 3.63) is 29.6 Å². The lowest BCUT2D eigenvalue weighted by molar-refractivity contribution is -0.139. The van der Waals surface area contributed by atoms with Crippen molar-refractivity contribution >= 4 is 5.97 Å². The summed E-state index contributed by atoms with van der Waals surface area (Å²) in [5.74, 6) is -0.996. The minimum absolute atomic E-state index is 0.0942. The molecule has 0 aromatic heterocycles. The van der Waals surface area contributed by atoms with Gasteiger partial charge in [0.25, 0.3) is 0 Å². The highest BCUT2D eigenvalue weighted by molar-refractivity contribution is 5.67. The third-order valence-electron chi connectivity index (χ3n) is 2.78.